The van der Waals surface area contributed by atoms with Crippen molar-refractivity contribution in [1.82, 2.24) is 14.5 Å². The molecule has 18 heavy (non-hydrogen) atoms. The van der Waals surface area contributed by atoms with Gasteiger partial charge < -0.3 is 19.9 Å². The quantitative estimate of drug-likeness (QED) is 0.752. The van der Waals surface area contributed by atoms with Gasteiger partial charge in [0.1, 0.15) is 5.69 Å². The fourth-order valence-electron chi connectivity index (χ4n) is 2.56. The number of hydrogen-bond acceptors (Lipinski definition) is 4. The first-order valence-electron chi connectivity index (χ1n) is 6.38. The molecule has 2 aliphatic rings. The Morgan fingerprint density at radius 1 is 1.56 bits per heavy atom. The molecule has 6 nitrogen and oxygen atoms in total. The summed E-state index contributed by atoms with van der Waals surface area (Å²) in [6.07, 6.45) is 3.48. The first kappa shape index (κ1) is 11.5. The number of fused-ring (bicyclic) bond motifs is 1. The molecule has 2 N–H and O–H groups in total. The summed E-state index contributed by atoms with van der Waals surface area (Å²) in [5.41, 5.74) is -0.287. The highest BCUT2D eigenvalue weighted by molar-refractivity contribution is 5.93. The number of imidazole rings is 1. The minimum Gasteiger partial charge on any atom is -0.388 e. The maximum absolute atomic E-state index is 12.3. The summed E-state index contributed by atoms with van der Waals surface area (Å²) >= 11 is 0. The maximum Gasteiger partial charge on any atom is 0.274 e. The van der Waals surface area contributed by atoms with Gasteiger partial charge in [-0.25, -0.2) is 4.98 Å². The zero-order valence-electron chi connectivity index (χ0n) is 10.5. The lowest BCUT2D eigenvalue weighted by molar-refractivity contribution is 0.0569. The Morgan fingerprint density at radius 2 is 2.39 bits per heavy atom. The second kappa shape index (κ2) is 3.98. The molecular weight excluding hydrogens is 232 g/mol. The van der Waals surface area contributed by atoms with Crippen LogP contribution in [0.3, 0.4) is 0 Å². The molecule has 1 unspecified atom stereocenters. The lowest BCUT2D eigenvalue weighted by Gasteiger charge is -2.17. The first-order valence-corrected chi connectivity index (χ1v) is 6.38. The minimum atomic E-state index is -0.757. The topological polar surface area (TPSA) is 70.4 Å². The van der Waals surface area contributed by atoms with E-state index in [4.69, 9.17) is 0 Å². The second-order valence-electron chi connectivity index (χ2n) is 5.40. The van der Waals surface area contributed by atoms with E-state index in [9.17, 15) is 9.90 Å². The van der Waals surface area contributed by atoms with Gasteiger partial charge in [-0.05, 0) is 19.8 Å². The average molecular weight is 250 g/mol. The van der Waals surface area contributed by atoms with Crippen LogP contribution in [0.15, 0.2) is 6.20 Å². The molecule has 0 spiro atoms. The largest absolute Gasteiger partial charge is 0.388 e. The molecule has 0 radical (unpaired) electrons. The summed E-state index contributed by atoms with van der Waals surface area (Å²) in [5, 5.41) is 13.1. The monoisotopic (exact) mass is 250 g/mol. The van der Waals surface area contributed by atoms with Crippen molar-refractivity contribution in [2.45, 2.75) is 31.9 Å². The number of aromatic nitrogens is 2. The van der Waals surface area contributed by atoms with Crippen LogP contribution in [0.5, 0.6) is 0 Å². The van der Waals surface area contributed by atoms with Gasteiger partial charge in [0, 0.05) is 32.4 Å². The fraction of sp³-hybridized carbons (Fsp3) is 0.667. The summed E-state index contributed by atoms with van der Waals surface area (Å²) in [7, 11) is 0. The van der Waals surface area contributed by atoms with Crippen molar-refractivity contribution < 1.29 is 9.90 Å². The van der Waals surface area contributed by atoms with E-state index < -0.39 is 5.60 Å². The SMILES string of the molecule is CC1(O)CCN(C(=O)c2cn3c(n2)NCCC3)C1. The lowest BCUT2D eigenvalue weighted by Crippen LogP contribution is -2.34. The van der Waals surface area contributed by atoms with Crippen molar-refractivity contribution in [2.75, 3.05) is 25.0 Å². The highest BCUT2D eigenvalue weighted by atomic mass is 16.3. The maximum atomic E-state index is 12.3. The fourth-order valence-corrected chi connectivity index (χ4v) is 2.56. The molecule has 0 aromatic carbocycles. The van der Waals surface area contributed by atoms with Gasteiger partial charge in [0.15, 0.2) is 0 Å². The highest BCUT2D eigenvalue weighted by Crippen LogP contribution is 2.23. The van der Waals surface area contributed by atoms with Gasteiger partial charge in [-0.3, -0.25) is 4.79 Å². The molecule has 1 aromatic heterocycles. The molecule has 1 aromatic rings. The Bertz CT molecular complexity index is 457. The van der Waals surface area contributed by atoms with Crippen LogP contribution >= 0.6 is 0 Å². The number of nitrogens with one attached hydrogen (secondary N) is 1. The summed E-state index contributed by atoms with van der Waals surface area (Å²) in [5.74, 6) is 0.687. The van der Waals surface area contributed by atoms with Gasteiger partial charge in [-0.15, -0.1) is 0 Å². The molecule has 3 rings (SSSR count). The van der Waals surface area contributed by atoms with Crippen molar-refractivity contribution in [2.24, 2.45) is 0 Å². The number of likely N-dealkylation sites (tertiary alicyclic amines) is 1. The summed E-state index contributed by atoms with van der Waals surface area (Å²) in [6, 6.07) is 0. The molecule has 3 heterocycles. The van der Waals surface area contributed by atoms with Crippen molar-refractivity contribution >= 4 is 11.9 Å². The third-order valence-electron chi connectivity index (χ3n) is 3.59. The lowest BCUT2D eigenvalue weighted by atomic mass is 10.1. The Hall–Kier alpha value is -1.56. The normalized spacial score (nSPS) is 26.9. The van der Waals surface area contributed by atoms with Crippen molar-refractivity contribution in [3.63, 3.8) is 0 Å². The minimum absolute atomic E-state index is 0.0866. The van der Waals surface area contributed by atoms with Gasteiger partial charge >= 0.3 is 0 Å². The molecule has 2 aliphatic heterocycles. The first-order chi connectivity index (χ1) is 8.55. The van der Waals surface area contributed by atoms with Crippen LogP contribution in [0, 0.1) is 0 Å². The van der Waals surface area contributed by atoms with Crippen LogP contribution in [0.25, 0.3) is 0 Å². The number of nitrogens with zero attached hydrogens (tertiary/aromatic N) is 3. The van der Waals surface area contributed by atoms with Crippen molar-refractivity contribution in [3.05, 3.63) is 11.9 Å². The van der Waals surface area contributed by atoms with Gasteiger partial charge in [-0.2, -0.15) is 0 Å². The van der Waals surface area contributed by atoms with Crippen LogP contribution in [0.4, 0.5) is 5.95 Å². The number of carbonyl (C=O) groups excluding carboxylic acids is 1. The molecule has 1 fully saturated rings. The van der Waals surface area contributed by atoms with Crippen LogP contribution in [-0.2, 0) is 6.54 Å². The van der Waals surface area contributed by atoms with E-state index in [-0.39, 0.29) is 5.91 Å². The smallest absolute Gasteiger partial charge is 0.274 e. The number of carbonyl (C=O) groups is 1. The predicted octanol–water partition coefficient (Wildman–Crippen LogP) is 0.296. The van der Waals surface area contributed by atoms with Crippen LogP contribution in [0.1, 0.15) is 30.3 Å². The van der Waals surface area contributed by atoms with E-state index in [0.717, 1.165) is 25.5 Å². The van der Waals surface area contributed by atoms with Gasteiger partial charge in [0.05, 0.1) is 5.60 Å². The van der Waals surface area contributed by atoms with E-state index in [2.05, 4.69) is 10.3 Å². The van der Waals surface area contributed by atoms with E-state index in [1.807, 2.05) is 4.57 Å². The Kier molecular flexibility index (Phi) is 2.55. The van der Waals surface area contributed by atoms with E-state index in [1.165, 1.54) is 0 Å². The molecule has 1 amide bonds. The van der Waals surface area contributed by atoms with Gasteiger partial charge in [0.2, 0.25) is 5.95 Å². The highest BCUT2D eigenvalue weighted by Gasteiger charge is 2.35. The predicted molar refractivity (Wildman–Crippen MR) is 66.5 cm³/mol. The average Bonchev–Trinajstić information content (AvgIpc) is 2.91. The zero-order valence-corrected chi connectivity index (χ0v) is 10.5. The molecule has 0 bridgehead atoms. The third kappa shape index (κ3) is 1.96. The van der Waals surface area contributed by atoms with E-state index >= 15 is 0 Å². The Morgan fingerprint density at radius 3 is 3.06 bits per heavy atom. The summed E-state index contributed by atoms with van der Waals surface area (Å²) in [4.78, 5) is 18.3. The molecule has 0 aliphatic carbocycles. The number of anilines is 1. The van der Waals surface area contributed by atoms with Gasteiger partial charge in [-0.1, -0.05) is 0 Å². The van der Waals surface area contributed by atoms with Gasteiger partial charge in [0.25, 0.3) is 5.91 Å². The van der Waals surface area contributed by atoms with E-state index in [1.54, 1.807) is 18.0 Å². The molecule has 1 atom stereocenters. The molecule has 98 valence electrons. The number of rotatable bonds is 1. The third-order valence-corrected chi connectivity index (χ3v) is 3.59. The van der Waals surface area contributed by atoms with Crippen LogP contribution < -0.4 is 5.32 Å². The van der Waals surface area contributed by atoms with Crippen LogP contribution in [-0.4, -0.2) is 50.7 Å². The van der Waals surface area contributed by atoms with Crippen molar-refractivity contribution in [1.29, 1.82) is 0 Å². The molecule has 6 heteroatoms. The standard InChI is InChI=1S/C12H18N4O2/c1-12(18)3-6-16(8-12)10(17)9-7-15-5-2-4-13-11(15)14-9/h7,18H,2-6,8H2,1H3,(H,13,14). The molecule has 1 saturated heterocycles. The number of aliphatic hydroxyl groups is 1. The zero-order chi connectivity index (χ0) is 12.8. The van der Waals surface area contributed by atoms with Crippen LogP contribution in [0.2, 0.25) is 0 Å². The number of aryl methyl sites for hydroxylation is 1. The number of β-amino-alcohol motifs (C(OH)–C–C–N with tert-alkyl or cyclic N) is 1. The molecule has 0 saturated carbocycles. The number of amides is 1. The number of hydrogen-bond donors (Lipinski definition) is 2. The summed E-state index contributed by atoms with van der Waals surface area (Å²) in [6.45, 7) is 4.56. The Balaban J connectivity index is 1.78. The van der Waals surface area contributed by atoms with E-state index in [0.29, 0.717) is 25.2 Å². The molecular formula is C12H18N4O2. The second-order valence-corrected chi connectivity index (χ2v) is 5.40. The Labute approximate surface area is 106 Å². The summed E-state index contributed by atoms with van der Waals surface area (Å²) < 4.78 is 1.98. The van der Waals surface area contributed by atoms with Crippen molar-refractivity contribution in [3.8, 4) is 0 Å².